The van der Waals surface area contributed by atoms with E-state index in [0.29, 0.717) is 18.5 Å². The Hall–Kier alpha value is -2.20. The maximum Gasteiger partial charge on any atom is 0.475 e. The smallest absolute Gasteiger partial charge is 0.444 e. The van der Waals surface area contributed by atoms with Gasteiger partial charge in [-0.3, -0.25) is 0 Å². The van der Waals surface area contributed by atoms with Crippen LogP contribution >= 0.6 is 0 Å². The van der Waals surface area contributed by atoms with Crippen LogP contribution in [-0.2, 0) is 17.3 Å². The Labute approximate surface area is 162 Å². The fraction of sp³-hybridized carbons (Fsp3) is 0.500. The molecule has 2 rings (SSSR count). The molecule has 1 aliphatic rings. The standard InChI is InChI=1S/C18H24BF3N2O4/c1-2-9-24-10-3-4-15(12-24)28-17(25)23-16(19(26)27)11-13-5-7-14(8-6-13)18(20,21)22/h2,5-9,15-16,26-27H,3-4,10-12H2,1H3,(H,23,25)/t15-,16-/m0/s1. The number of amides is 1. The summed E-state index contributed by atoms with van der Waals surface area (Å²) >= 11 is 0. The molecule has 28 heavy (non-hydrogen) atoms. The molecular formula is C18H24BF3N2O4. The van der Waals surface area contributed by atoms with Crippen molar-refractivity contribution in [1.82, 2.24) is 10.2 Å². The molecule has 1 heterocycles. The maximum atomic E-state index is 12.6. The maximum absolute atomic E-state index is 12.6. The Morgan fingerprint density at radius 2 is 2.07 bits per heavy atom. The third-order valence-corrected chi connectivity index (χ3v) is 4.44. The van der Waals surface area contributed by atoms with Gasteiger partial charge >= 0.3 is 19.4 Å². The molecule has 6 nitrogen and oxygen atoms in total. The highest BCUT2D eigenvalue weighted by Gasteiger charge is 2.31. The quantitative estimate of drug-likeness (QED) is 0.639. The van der Waals surface area contributed by atoms with Crippen LogP contribution in [0.25, 0.3) is 0 Å². The van der Waals surface area contributed by atoms with Gasteiger partial charge in [0.1, 0.15) is 6.10 Å². The van der Waals surface area contributed by atoms with Gasteiger partial charge in [-0.25, -0.2) is 4.79 Å². The largest absolute Gasteiger partial charge is 0.475 e. The number of allylic oxidation sites excluding steroid dienone is 1. The summed E-state index contributed by atoms with van der Waals surface area (Å²) in [5.41, 5.74) is -0.379. The van der Waals surface area contributed by atoms with E-state index in [1.54, 1.807) is 0 Å². The number of alkyl halides is 3. The second-order valence-electron chi connectivity index (χ2n) is 6.71. The van der Waals surface area contributed by atoms with Crippen molar-refractivity contribution in [1.29, 1.82) is 0 Å². The first-order valence-electron chi connectivity index (χ1n) is 9.05. The fourth-order valence-electron chi connectivity index (χ4n) is 3.06. The van der Waals surface area contributed by atoms with Gasteiger partial charge in [0.2, 0.25) is 0 Å². The number of hydrogen-bond acceptors (Lipinski definition) is 5. The zero-order chi connectivity index (χ0) is 20.7. The number of ether oxygens (including phenoxy) is 1. The summed E-state index contributed by atoms with van der Waals surface area (Å²) in [5.74, 6) is -1.11. The minimum atomic E-state index is -4.45. The molecule has 0 unspecified atom stereocenters. The van der Waals surface area contributed by atoms with E-state index in [0.717, 1.165) is 25.1 Å². The van der Waals surface area contributed by atoms with Gasteiger partial charge in [0.05, 0.1) is 18.0 Å². The zero-order valence-electron chi connectivity index (χ0n) is 15.5. The molecule has 1 amide bonds. The van der Waals surface area contributed by atoms with Crippen molar-refractivity contribution in [2.24, 2.45) is 0 Å². The molecule has 10 heteroatoms. The predicted octanol–water partition coefficient (Wildman–Crippen LogP) is 2.35. The highest BCUT2D eigenvalue weighted by Crippen LogP contribution is 2.29. The van der Waals surface area contributed by atoms with Crippen LogP contribution < -0.4 is 5.32 Å². The molecule has 1 saturated heterocycles. The van der Waals surface area contributed by atoms with Gasteiger partial charge in [-0.05, 0) is 50.1 Å². The number of carbonyl (C=O) groups excluding carboxylic acids is 1. The van der Waals surface area contributed by atoms with Crippen LogP contribution in [0.3, 0.4) is 0 Å². The number of hydrogen-bond donors (Lipinski definition) is 3. The Balaban J connectivity index is 1.92. The predicted molar refractivity (Wildman–Crippen MR) is 98.2 cm³/mol. The lowest BCUT2D eigenvalue weighted by Gasteiger charge is -2.31. The van der Waals surface area contributed by atoms with Gasteiger partial charge in [0.15, 0.2) is 0 Å². The molecule has 3 N–H and O–H groups in total. The molecule has 0 aromatic heterocycles. The van der Waals surface area contributed by atoms with Crippen LogP contribution in [0.4, 0.5) is 18.0 Å². The lowest BCUT2D eigenvalue weighted by molar-refractivity contribution is -0.137. The van der Waals surface area contributed by atoms with E-state index >= 15 is 0 Å². The summed E-state index contributed by atoms with van der Waals surface area (Å²) in [7, 11) is -1.89. The Morgan fingerprint density at radius 3 is 2.64 bits per heavy atom. The number of benzene rings is 1. The SMILES string of the molecule is CC=CN1CCC[C@H](OC(=O)N[C@@H](Cc2ccc(C(F)(F)F)cc2)B(O)O)C1. The van der Waals surface area contributed by atoms with Crippen LogP contribution in [0.15, 0.2) is 36.5 Å². The number of rotatable bonds is 6. The lowest BCUT2D eigenvalue weighted by Crippen LogP contribution is -2.49. The van der Waals surface area contributed by atoms with Gasteiger partial charge in [0.25, 0.3) is 0 Å². The topological polar surface area (TPSA) is 82.0 Å². The molecule has 1 aliphatic heterocycles. The van der Waals surface area contributed by atoms with Crippen molar-refractivity contribution in [3.63, 3.8) is 0 Å². The summed E-state index contributed by atoms with van der Waals surface area (Å²) in [6.45, 7) is 3.31. The summed E-state index contributed by atoms with van der Waals surface area (Å²) in [6, 6.07) is 4.29. The van der Waals surface area contributed by atoms with E-state index in [2.05, 4.69) is 5.32 Å². The molecule has 1 fully saturated rings. The Kier molecular flexibility index (Phi) is 7.76. The normalized spacial score (nSPS) is 18.8. The van der Waals surface area contributed by atoms with Crippen LogP contribution in [0.5, 0.6) is 0 Å². The minimum absolute atomic E-state index is 0.0553. The van der Waals surface area contributed by atoms with E-state index < -0.39 is 30.9 Å². The number of halogens is 3. The minimum Gasteiger partial charge on any atom is -0.444 e. The van der Waals surface area contributed by atoms with Gasteiger partial charge in [-0.2, -0.15) is 13.2 Å². The van der Waals surface area contributed by atoms with Crippen molar-refractivity contribution in [3.8, 4) is 0 Å². The molecule has 154 valence electrons. The lowest BCUT2D eigenvalue weighted by atomic mass is 9.76. The second kappa shape index (κ2) is 9.84. The molecule has 0 aliphatic carbocycles. The number of nitrogens with one attached hydrogen (secondary N) is 1. The van der Waals surface area contributed by atoms with Gasteiger partial charge in [0, 0.05) is 6.54 Å². The molecule has 2 atom stereocenters. The molecule has 0 saturated carbocycles. The Bertz CT molecular complexity index is 668. The van der Waals surface area contributed by atoms with E-state index in [1.165, 1.54) is 12.1 Å². The first kappa shape index (κ1) is 22.1. The number of likely N-dealkylation sites (tertiary alicyclic amines) is 1. The van der Waals surface area contributed by atoms with Crippen LogP contribution in [0, 0.1) is 0 Å². The second-order valence-corrected chi connectivity index (χ2v) is 6.71. The summed E-state index contributed by atoms with van der Waals surface area (Å²) in [4.78, 5) is 14.2. The van der Waals surface area contributed by atoms with Crippen molar-refractivity contribution in [3.05, 3.63) is 47.7 Å². The van der Waals surface area contributed by atoms with E-state index in [9.17, 15) is 28.0 Å². The number of nitrogens with zero attached hydrogens (tertiary/aromatic N) is 1. The fourth-order valence-corrected chi connectivity index (χ4v) is 3.06. The van der Waals surface area contributed by atoms with Gasteiger partial charge < -0.3 is 25.0 Å². The monoisotopic (exact) mass is 400 g/mol. The third kappa shape index (κ3) is 6.76. The summed E-state index contributed by atoms with van der Waals surface area (Å²) in [5, 5.41) is 21.4. The highest BCUT2D eigenvalue weighted by molar-refractivity contribution is 6.43. The molecule has 0 bridgehead atoms. The average molecular weight is 400 g/mol. The van der Waals surface area contributed by atoms with Crippen LogP contribution in [0.2, 0.25) is 0 Å². The summed E-state index contributed by atoms with van der Waals surface area (Å²) < 4.78 is 43.2. The first-order chi connectivity index (χ1) is 13.2. The molecule has 0 spiro atoms. The van der Waals surface area contributed by atoms with Crippen molar-refractivity contribution in [2.45, 2.75) is 44.4 Å². The van der Waals surface area contributed by atoms with Crippen molar-refractivity contribution >= 4 is 13.2 Å². The van der Waals surface area contributed by atoms with Gasteiger partial charge in [-0.15, -0.1) is 0 Å². The van der Waals surface area contributed by atoms with Crippen molar-refractivity contribution in [2.75, 3.05) is 13.1 Å². The number of piperidine rings is 1. The van der Waals surface area contributed by atoms with E-state index in [4.69, 9.17) is 4.74 Å². The Morgan fingerprint density at radius 1 is 1.39 bits per heavy atom. The van der Waals surface area contributed by atoms with Gasteiger partial charge in [-0.1, -0.05) is 18.2 Å². The molecule has 1 aromatic rings. The third-order valence-electron chi connectivity index (χ3n) is 4.44. The zero-order valence-corrected chi connectivity index (χ0v) is 15.5. The van der Waals surface area contributed by atoms with Crippen LogP contribution in [0.1, 0.15) is 30.9 Å². The van der Waals surface area contributed by atoms with Crippen LogP contribution in [-0.4, -0.2) is 53.3 Å². The molecule has 1 aromatic carbocycles. The number of carbonyl (C=O) groups is 1. The van der Waals surface area contributed by atoms with E-state index in [-0.39, 0.29) is 12.5 Å². The molecule has 0 radical (unpaired) electrons. The summed E-state index contributed by atoms with van der Waals surface area (Å²) in [6.07, 6.45) is -0.252. The molecular weight excluding hydrogens is 376 g/mol. The van der Waals surface area contributed by atoms with Crippen molar-refractivity contribution < 1.29 is 32.8 Å². The highest BCUT2D eigenvalue weighted by atomic mass is 19.4. The van der Waals surface area contributed by atoms with E-state index in [1.807, 2.05) is 24.1 Å². The average Bonchev–Trinajstić information content (AvgIpc) is 2.61. The first-order valence-corrected chi connectivity index (χ1v) is 9.05. The number of alkyl carbamates (subject to hydrolysis) is 1.